The summed E-state index contributed by atoms with van der Waals surface area (Å²) >= 11 is 0. The van der Waals surface area contributed by atoms with Crippen molar-refractivity contribution in [3.63, 3.8) is 0 Å². The summed E-state index contributed by atoms with van der Waals surface area (Å²) in [6, 6.07) is 0. The first-order chi connectivity index (χ1) is 3.83. The number of allylic oxidation sites excluding steroid dienone is 1. The summed E-state index contributed by atoms with van der Waals surface area (Å²) < 4.78 is 0. The van der Waals surface area contributed by atoms with Crippen molar-refractivity contribution < 1.29 is 39.1 Å². The van der Waals surface area contributed by atoms with Crippen molar-refractivity contribution >= 4 is 0 Å². The van der Waals surface area contributed by atoms with E-state index >= 15 is 0 Å². The Hall–Kier alpha value is 0.935. The van der Waals surface area contributed by atoms with Crippen LogP contribution in [0.25, 0.3) is 0 Å². The summed E-state index contributed by atoms with van der Waals surface area (Å²) in [6.07, 6.45) is 5.24. The molecule has 0 atom stereocenters. The minimum absolute atomic E-state index is 0. The maximum atomic E-state index is 3.60. The van der Waals surface area contributed by atoms with Crippen LogP contribution in [0, 0.1) is 6.92 Å². The maximum absolute atomic E-state index is 3.60. The van der Waals surface area contributed by atoms with Gasteiger partial charge in [-0.05, 0) is 6.42 Å². The van der Waals surface area contributed by atoms with Crippen molar-refractivity contribution in [3.05, 3.63) is 19.6 Å². The minimum atomic E-state index is 0. The Morgan fingerprint density at radius 2 is 1.55 bits per heavy atom. The van der Waals surface area contributed by atoms with Crippen molar-refractivity contribution in [1.82, 2.24) is 0 Å². The third kappa shape index (κ3) is 101. The van der Waals surface area contributed by atoms with E-state index in [1.54, 1.807) is 0 Å². The van der Waals surface area contributed by atoms with Crippen LogP contribution in [-0.4, -0.2) is 0 Å². The second kappa shape index (κ2) is 44.3. The van der Waals surface area contributed by atoms with Crippen molar-refractivity contribution in [3.8, 4) is 0 Å². The fourth-order valence-electron chi connectivity index (χ4n) is 0. The molecule has 11 heavy (non-hydrogen) atoms. The van der Waals surface area contributed by atoms with Crippen LogP contribution in [0.15, 0.2) is 12.7 Å². The van der Waals surface area contributed by atoms with Crippen molar-refractivity contribution in [1.29, 1.82) is 0 Å². The van der Waals surface area contributed by atoms with Gasteiger partial charge in [-0.25, -0.2) is 0 Å². The molecule has 0 aromatic rings. The zero-order valence-corrected chi connectivity index (χ0v) is 8.11. The van der Waals surface area contributed by atoms with Gasteiger partial charge in [0.1, 0.15) is 0 Å². The van der Waals surface area contributed by atoms with Crippen LogP contribution in [0.2, 0.25) is 0 Å². The summed E-state index contributed by atoms with van der Waals surface area (Å²) in [7, 11) is 0. The first-order valence-electron chi connectivity index (χ1n) is 3.23. The van der Waals surface area contributed by atoms with Crippen LogP contribution in [0.4, 0.5) is 0 Å². The molecule has 0 aliphatic rings. The van der Waals surface area contributed by atoms with Crippen LogP contribution in [0.3, 0.4) is 0 Å². The predicted octanol–water partition coefficient (Wildman–Crippen LogP) is -2.04. The minimum Gasteiger partial charge on any atom is -1.00 e. The third-order valence-electron chi connectivity index (χ3n) is 0.642. The van der Waals surface area contributed by atoms with E-state index in [0.29, 0.717) is 0 Å². The molecule has 0 N–H and O–H groups in total. The molecule has 0 rings (SSSR count). The summed E-state index contributed by atoms with van der Waals surface area (Å²) in [4.78, 5) is 0. The van der Waals surface area contributed by atoms with E-state index in [9.17, 15) is 0 Å². The van der Waals surface area contributed by atoms with Gasteiger partial charge in [-0.3, -0.25) is 0 Å². The average molecular weight is 144 g/mol. The van der Waals surface area contributed by atoms with Crippen molar-refractivity contribution in [2.24, 2.45) is 0 Å². The Kier molecular flexibility index (Phi) is 120. The monoisotopic (exact) mass is 144 g/mol. The van der Waals surface area contributed by atoms with Gasteiger partial charge in [0.05, 0.1) is 0 Å². The van der Waals surface area contributed by atoms with E-state index in [-0.39, 0.29) is 46.6 Å². The molecule has 0 bridgehead atoms. The molecule has 0 fully saturated rings. The van der Waals surface area contributed by atoms with Crippen LogP contribution in [-0.2, 0) is 0 Å². The van der Waals surface area contributed by atoms with E-state index in [0.717, 1.165) is 12.8 Å². The first kappa shape index (κ1) is 29.7. The van der Waals surface area contributed by atoms with E-state index in [1.165, 1.54) is 6.42 Å². The number of rotatable bonds is 2. The van der Waals surface area contributed by atoms with Crippen molar-refractivity contribution in [2.75, 3.05) is 0 Å². The van der Waals surface area contributed by atoms with Crippen LogP contribution in [0.5, 0.6) is 0 Å². The fourth-order valence-corrected chi connectivity index (χ4v) is 0. The number of hydrogen-bond donors (Lipinski definition) is 0. The molecule has 2 heteroatoms. The normalized spacial score (nSPS) is 5.00. The SMILES string of the molecule is C.C=CCC.[CH2-]CCC.[H-].[Li+].[Li+]. The van der Waals surface area contributed by atoms with E-state index < -0.39 is 0 Å². The second-order valence-electron chi connectivity index (χ2n) is 1.55. The van der Waals surface area contributed by atoms with E-state index in [1.807, 2.05) is 6.08 Å². The predicted molar refractivity (Wildman–Crippen MR) is 48.6 cm³/mol. The number of hydrogen-bond acceptors (Lipinski definition) is 0. The summed E-state index contributed by atoms with van der Waals surface area (Å²) in [5.41, 5.74) is 0. The largest absolute Gasteiger partial charge is 1.00 e. The summed E-state index contributed by atoms with van der Waals surface area (Å²) in [6.45, 7) is 11.3. The molecular weight excluding hydrogens is 122 g/mol. The Morgan fingerprint density at radius 1 is 1.36 bits per heavy atom. The Morgan fingerprint density at radius 3 is 1.55 bits per heavy atom. The van der Waals surface area contributed by atoms with Gasteiger partial charge >= 0.3 is 37.7 Å². The Bertz CT molecular complexity index is 39.5. The fraction of sp³-hybridized carbons (Fsp3) is 0.667. The molecule has 0 spiro atoms. The molecule has 0 amide bonds. The average Bonchev–Trinajstić information content (AvgIpc) is 1.88. The molecule has 0 nitrogen and oxygen atoms in total. The molecule has 0 radical (unpaired) electrons. The van der Waals surface area contributed by atoms with Gasteiger partial charge in [0, 0.05) is 0 Å². The van der Waals surface area contributed by atoms with Gasteiger partial charge in [-0.15, -0.1) is 6.58 Å². The topological polar surface area (TPSA) is 0 Å². The summed E-state index contributed by atoms with van der Waals surface area (Å²) in [5.74, 6) is 0. The molecule has 0 aromatic carbocycles. The Balaban J connectivity index is -0.0000000112. The van der Waals surface area contributed by atoms with Crippen LogP contribution >= 0.6 is 0 Å². The standard InChI is InChI=1S/C4H9.C4H8.CH4.2Li.H/c2*1-3-4-2;;;;/h1,3-4H2,2H3;3H,1,4H2,2H3;1H4;;;/q-1;;;2*+1;-1. The smallest absolute Gasteiger partial charge is 1.00 e. The molecule has 0 saturated carbocycles. The van der Waals surface area contributed by atoms with E-state index in [2.05, 4.69) is 27.4 Å². The first-order valence-corrected chi connectivity index (χ1v) is 3.23. The van der Waals surface area contributed by atoms with Crippen molar-refractivity contribution in [2.45, 2.75) is 40.5 Å². The van der Waals surface area contributed by atoms with Gasteiger partial charge in [0.2, 0.25) is 0 Å². The summed E-state index contributed by atoms with van der Waals surface area (Å²) in [5, 5.41) is 0. The zero-order chi connectivity index (χ0) is 6.83. The molecule has 0 aliphatic heterocycles. The molecule has 0 aromatic heterocycles. The molecule has 0 heterocycles. The van der Waals surface area contributed by atoms with E-state index in [4.69, 9.17) is 0 Å². The van der Waals surface area contributed by atoms with Gasteiger partial charge in [-0.1, -0.05) is 33.8 Å². The number of unbranched alkanes of at least 4 members (excludes halogenated alkanes) is 1. The van der Waals surface area contributed by atoms with Crippen LogP contribution < -0.4 is 37.7 Å². The molecule has 0 unspecified atom stereocenters. The molecular formula is C9H22Li2. The van der Waals surface area contributed by atoms with Gasteiger partial charge in [0.15, 0.2) is 0 Å². The quantitative estimate of drug-likeness (QED) is 0.238. The second-order valence-corrected chi connectivity index (χ2v) is 1.55. The maximum Gasteiger partial charge on any atom is 1.00 e. The molecule has 0 aliphatic carbocycles. The van der Waals surface area contributed by atoms with Gasteiger partial charge in [-0.2, -0.15) is 6.42 Å². The molecule has 0 saturated heterocycles. The zero-order valence-electron chi connectivity index (χ0n) is 9.11. The third-order valence-corrected chi connectivity index (χ3v) is 0.642. The Labute approximate surface area is 99.1 Å². The molecule has 60 valence electrons. The van der Waals surface area contributed by atoms with Gasteiger partial charge < -0.3 is 8.35 Å². The van der Waals surface area contributed by atoms with Crippen LogP contribution in [0.1, 0.15) is 42.0 Å². The van der Waals surface area contributed by atoms with Gasteiger partial charge in [0.25, 0.3) is 0 Å².